The van der Waals surface area contributed by atoms with Crippen LogP contribution in [-0.4, -0.2) is 37.6 Å². The minimum atomic E-state index is -0.233. The predicted octanol–water partition coefficient (Wildman–Crippen LogP) is 1.61. The maximum absolute atomic E-state index is 12.5. The first-order valence-corrected chi connectivity index (χ1v) is 8.23. The lowest BCUT2D eigenvalue weighted by molar-refractivity contribution is -0.149. The Balaban J connectivity index is 1.78. The number of esters is 1. The molecule has 0 aromatic carbocycles. The van der Waals surface area contributed by atoms with Gasteiger partial charge in [-0.15, -0.1) is 0 Å². The zero-order valence-corrected chi connectivity index (χ0v) is 13.2. The third kappa shape index (κ3) is 4.19. The molecular formula is C16H28N2O3. The van der Waals surface area contributed by atoms with E-state index in [0.29, 0.717) is 6.61 Å². The molecule has 0 atom stereocenters. The highest BCUT2D eigenvalue weighted by Gasteiger charge is 2.36. The average molecular weight is 296 g/mol. The van der Waals surface area contributed by atoms with Crippen molar-refractivity contribution in [2.45, 2.75) is 58.4 Å². The smallest absolute Gasteiger partial charge is 0.308 e. The van der Waals surface area contributed by atoms with Crippen molar-refractivity contribution in [2.24, 2.45) is 11.3 Å². The number of rotatable bonds is 4. The molecule has 0 aromatic rings. The third-order valence-corrected chi connectivity index (χ3v) is 4.94. The van der Waals surface area contributed by atoms with Crippen molar-refractivity contribution in [3.05, 3.63) is 0 Å². The molecule has 1 saturated carbocycles. The van der Waals surface area contributed by atoms with E-state index in [2.05, 4.69) is 17.6 Å². The van der Waals surface area contributed by atoms with Gasteiger partial charge in [-0.1, -0.05) is 6.92 Å². The van der Waals surface area contributed by atoms with Crippen LogP contribution in [0.15, 0.2) is 0 Å². The van der Waals surface area contributed by atoms with Crippen LogP contribution in [0.2, 0.25) is 0 Å². The van der Waals surface area contributed by atoms with Gasteiger partial charge in [0.25, 0.3) is 0 Å². The Hall–Kier alpha value is -1.10. The van der Waals surface area contributed by atoms with Gasteiger partial charge in [0.2, 0.25) is 5.91 Å². The molecule has 0 radical (unpaired) electrons. The summed E-state index contributed by atoms with van der Waals surface area (Å²) in [6, 6.07) is 0.217. The second-order valence-corrected chi connectivity index (χ2v) is 6.58. The number of carbonyl (C=O) groups excluding carboxylic acids is 2. The highest BCUT2D eigenvalue weighted by molar-refractivity contribution is 5.82. The third-order valence-electron chi connectivity index (χ3n) is 4.94. The van der Waals surface area contributed by atoms with E-state index in [-0.39, 0.29) is 29.3 Å². The molecule has 120 valence electrons. The molecule has 5 nitrogen and oxygen atoms in total. The largest absolute Gasteiger partial charge is 0.466 e. The standard InChI is InChI=1S/C16H28N2O3/c1-3-21-14(19)12-4-6-13(7-5-12)18-15(20)16(2)8-10-17-11-9-16/h12-13,17H,3-11H2,1-2H3,(H,18,20). The Labute approximate surface area is 127 Å². The van der Waals surface area contributed by atoms with E-state index >= 15 is 0 Å². The van der Waals surface area contributed by atoms with E-state index in [9.17, 15) is 9.59 Å². The number of ether oxygens (including phenoxy) is 1. The summed E-state index contributed by atoms with van der Waals surface area (Å²) >= 11 is 0. The van der Waals surface area contributed by atoms with Crippen molar-refractivity contribution >= 4 is 11.9 Å². The van der Waals surface area contributed by atoms with Gasteiger partial charge in [-0.2, -0.15) is 0 Å². The van der Waals surface area contributed by atoms with Crippen LogP contribution in [0, 0.1) is 11.3 Å². The van der Waals surface area contributed by atoms with Crippen LogP contribution in [0.25, 0.3) is 0 Å². The first-order valence-electron chi connectivity index (χ1n) is 8.23. The number of hydrogen-bond acceptors (Lipinski definition) is 4. The molecule has 1 aliphatic carbocycles. The van der Waals surface area contributed by atoms with E-state index < -0.39 is 0 Å². The Morgan fingerprint density at radius 2 is 1.81 bits per heavy atom. The van der Waals surface area contributed by atoms with Gasteiger partial charge in [-0.3, -0.25) is 9.59 Å². The highest BCUT2D eigenvalue weighted by atomic mass is 16.5. The number of nitrogens with one attached hydrogen (secondary N) is 2. The zero-order valence-electron chi connectivity index (χ0n) is 13.2. The van der Waals surface area contributed by atoms with Gasteiger partial charge in [0, 0.05) is 11.5 Å². The molecule has 21 heavy (non-hydrogen) atoms. The molecule has 5 heteroatoms. The molecule has 0 aromatic heterocycles. The molecular weight excluding hydrogens is 268 g/mol. The van der Waals surface area contributed by atoms with E-state index in [4.69, 9.17) is 4.74 Å². The van der Waals surface area contributed by atoms with E-state index in [1.54, 1.807) is 0 Å². The number of amides is 1. The second kappa shape index (κ2) is 7.25. The number of piperidine rings is 1. The summed E-state index contributed by atoms with van der Waals surface area (Å²) in [6.07, 6.45) is 5.20. The molecule has 0 spiro atoms. The molecule has 2 N–H and O–H groups in total. The van der Waals surface area contributed by atoms with E-state index in [1.807, 2.05) is 6.92 Å². The van der Waals surface area contributed by atoms with Crippen molar-refractivity contribution in [1.29, 1.82) is 0 Å². The minimum Gasteiger partial charge on any atom is -0.466 e. The van der Waals surface area contributed by atoms with Gasteiger partial charge in [-0.25, -0.2) is 0 Å². The molecule has 2 fully saturated rings. The summed E-state index contributed by atoms with van der Waals surface area (Å²) in [6.45, 7) is 6.18. The molecule has 0 unspecified atom stereocenters. The van der Waals surface area contributed by atoms with Gasteiger partial charge in [0.1, 0.15) is 0 Å². The molecule has 1 aliphatic heterocycles. The number of carbonyl (C=O) groups is 2. The summed E-state index contributed by atoms with van der Waals surface area (Å²) in [5.74, 6) is 0.128. The molecule has 1 saturated heterocycles. The van der Waals surface area contributed by atoms with Crippen molar-refractivity contribution in [3.8, 4) is 0 Å². The number of hydrogen-bond donors (Lipinski definition) is 2. The summed E-state index contributed by atoms with van der Waals surface area (Å²) in [4.78, 5) is 24.2. The SMILES string of the molecule is CCOC(=O)C1CCC(NC(=O)C2(C)CCNCC2)CC1. The van der Waals surface area contributed by atoms with Gasteiger partial charge in [0.15, 0.2) is 0 Å². The van der Waals surface area contributed by atoms with Crippen molar-refractivity contribution in [3.63, 3.8) is 0 Å². The normalized spacial score (nSPS) is 28.7. The monoisotopic (exact) mass is 296 g/mol. The van der Waals surface area contributed by atoms with E-state index in [1.165, 1.54) is 0 Å². The highest BCUT2D eigenvalue weighted by Crippen LogP contribution is 2.30. The van der Waals surface area contributed by atoms with Crippen LogP contribution >= 0.6 is 0 Å². The van der Waals surface area contributed by atoms with Crippen LogP contribution in [-0.2, 0) is 14.3 Å². The Bertz CT molecular complexity index is 370. The molecule has 1 amide bonds. The van der Waals surface area contributed by atoms with Crippen molar-refractivity contribution in [2.75, 3.05) is 19.7 Å². The van der Waals surface area contributed by atoms with Gasteiger partial charge in [0.05, 0.1) is 12.5 Å². The fourth-order valence-electron chi connectivity index (χ4n) is 3.30. The minimum absolute atomic E-state index is 0.0209. The summed E-state index contributed by atoms with van der Waals surface area (Å²) < 4.78 is 5.08. The summed E-state index contributed by atoms with van der Waals surface area (Å²) in [5, 5.41) is 6.50. The first kappa shape index (κ1) is 16.3. The van der Waals surface area contributed by atoms with Crippen LogP contribution in [0.4, 0.5) is 0 Å². The molecule has 1 heterocycles. The fourth-order valence-corrected chi connectivity index (χ4v) is 3.30. The molecule has 0 bridgehead atoms. The van der Waals surface area contributed by atoms with Crippen LogP contribution in [0.3, 0.4) is 0 Å². The summed E-state index contributed by atoms with van der Waals surface area (Å²) in [7, 11) is 0. The summed E-state index contributed by atoms with van der Waals surface area (Å²) in [5.41, 5.74) is -0.233. The van der Waals surface area contributed by atoms with Gasteiger partial charge < -0.3 is 15.4 Å². The van der Waals surface area contributed by atoms with Gasteiger partial charge >= 0.3 is 5.97 Å². The average Bonchev–Trinajstić information content (AvgIpc) is 2.49. The Kier molecular flexibility index (Phi) is 5.62. The lowest BCUT2D eigenvalue weighted by Gasteiger charge is -2.35. The molecule has 2 rings (SSSR count). The zero-order chi connectivity index (χ0) is 15.3. The Morgan fingerprint density at radius 1 is 1.19 bits per heavy atom. The van der Waals surface area contributed by atoms with Crippen LogP contribution in [0.1, 0.15) is 52.4 Å². The van der Waals surface area contributed by atoms with Gasteiger partial charge in [-0.05, 0) is 58.5 Å². The first-order chi connectivity index (χ1) is 10.0. The maximum Gasteiger partial charge on any atom is 0.308 e. The van der Waals surface area contributed by atoms with Crippen LogP contribution in [0.5, 0.6) is 0 Å². The second-order valence-electron chi connectivity index (χ2n) is 6.58. The lowest BCUT2D eigenvalue weighted by atomic mass is 9.79. The van der Waals surface area contributed by atoms with Crippen LogP contribution < -0.4 is 10.6 Å². The fraction of sp³-hybridized carbons (Fsp3) is 0.875. The lowest BCUT2D eigenvalue weighted by Crippen LogP contribution is -2.49. The Morgan fingerprint density at radius 3 is 2.38 bits per heavy atom. The predicted molar refractivity (Wildman–Crippen MR) is 80.7 cm³/mol. The molecule has 2 aliphatic rings. The van der Waals surface area contributed by atoms with Crippen molar-refractivity contribution in [1.82, 2.24) is 10.6 Å². The maximum atomic E-state index is 12.5. The topological polar surface area (TPSA) is 67.4 Å². The van der Waals surface area contributed by atoms with E-state index in [0.717, 1.165) is 51.6 Å². The quantitative estimate of drug-likeness (QED) is 0.774. The van der Waals surface area contributed by atoms with Crippen molar-refractivity contribution < 1.29 is 14.3 Å².